The molecule has 8 nitrogen and oxygen atoms in total. The molecule has 1 heterocycles. The summed E-state index contributed by atoms with van der Waals surface area (Å²) in [5.74, 6) is -0.191. The van der Waals surface area contributed by atoms with E-state index >= 15 is 0 Å². The molecule has 0 unspecified atom stereocenters. The van der Waals surface area contributed by atoms with Crippen molar-refractivity contribution >= 4 is 12.0 Å². The fraction of sp³-hybridized carbons (Fsp3) is 0.650. The van der Waals surface area contributed by atoms with Crippen LogP contribution in [0.15, 0.2) is 18.3 Å². The minimum atomic E-state index is -0.784. The molecule has 1 rings (SSSR count). The highest BCUT2D eigenvalue weighted by atomic mass is 16.6. The molecule has 1 aromatic rings. The topological polar surface area (TPSA) is 121 Å². The third-order valence-corrected chi connectivity index (χ3v) is 3.94. The maximum Gasteiger partial charge on any atom is 0.408 e. The Labute approximate surface area is 166 Å². The standard InChI is InChI=1S/C20H33N3O5/c1-13(2)8-9-16(23-19(27)28-20(3,4)5)18(26)22-15(12-24)11-14-7-6-10-21-17(14)25/h6-7,10,13,15-16,24H,8-9,11-12H2,1-5H3,(H,21,25)(H,22,26)(H,23,27)/t15-,16-/m0/s1. The van der Waals surface area contributed by atoms with E-state index in [2.05, 4.69) is 15.6 Å². The van der Waals surface area contributed by atoms with Gasteiger partial charge in [0.1, 0.15) is 11.6 Å². The SMILES string of the molecule is CC(C)CC[C@H](NC(=O)OC(C)(C)C)C(=O)N[C@H](CO)Cc1cccnc1O. The minimum absolute atomic E-state index is 0.140. The highest BCUT2D eigenvalue weighted by Crippen LogP contribution is 2.15. The summed E-state index contributed by atoms with van der Waals surface area (Å²) in [4.78, 5) is 28.6. The van der Waals surface area contributed by atoms with E-state index in [-0.39, 0.29) is 18.9 Å². The summed E-state index contributed by atoms with van der Waals surface area (Å²) in [7, 11) is 0. The molecule has 0 aliphatic carbocycles. The molecule has 0 bridgehead atoms. The molecule has 4 N–H and O–H groups in total. The molecule has 0 spiro atoms. The molecular weight excluding hydrogens is 362 g/mol. The summed E-state index contributed by atoms with van der Waals surface area (Å²) >= 11 is 0. The largest absolute Gasteiger partial charge is 0.493 e. The van der Waals surface area contributed by atoms with Gasteiger partial charge in [-0.2, -0.15) is 0 Å². The smallest absolute Gasteiger partial charge is 0.408 e. The molecule has 158 valence electrons. The van der Waals surface area contributed by atoms with Crippen LogP contribution in [0.25, 0.3) is 0 Å². The molecule has 0 aliphatic rings. The average molecular weight is 396 g/mol. The second-order valence-electron chi connectivity index (χ2n) is 8.25. The molecular formula is C20H33N3O5. The van der Waals surface area contributed by atoms with Crippen LogP contribution in [0.4, 0.5) is 4.79 Å². The number of ether oxygens (including phenoxy) is 1. The summed E-state index contributed by atoms with van der Waals surface area (Å²) < 4.78 is 5.25. The van der Waals surface area contributed by atoms with Gasteiger partial charge in [0, 0.05) is 18.2 Å². The van der Waals surface area contributed by atoms with Crippen molar-refractivity contribution in [2.24, 2.45) is 5.92 Å². The van der Waals surface area contributed by atoms with Crippen LogP contribution >= 0.6 is 0 Å². The van der Waals surface area contributed by atoms with E-state index in [1.54, 1.807) is 32.9 Å². The zero-order chi connectivity index (χ0) is 21.3. The monoisotopic (exact) mass is 395 g/mol. The summed E-state index contributed by atoms with van der Waals surface area (Å²) in [5, 5.41) is 24.8. The van der Waals surface area contributed by atoms with Gasteiger partial charge in [-0.05, 0) is 45.6 Å². The van der Waals surface area contributed by atoms with Crippen LogP contribution < -0.4 is 10.6 Å². The van der Waals surface area contributed by atoms with E-state index in [0.29, 0.717) is 17.9 Å². The highest BCUT2D eigenvalue weighted by Gasteiger charge is 2.26. The van der Waals surface area contributed by atoms with Gasteiger partial charge in [0.25, 0.3) is 0 Å². The van der Waals surface area contributed by atoms with Crippen molar-refractivity contribution in [3.63, 3.8) is 0 Å². The predicted octanol–water partition coefficient (Wildman–Crippen LogP) is 2.14. The number of aliphatic hydroxyl groups is 1. The van der Waals surface area contributed by atoms with Crippen LogP contribution in [-0.2, 0) is 16.0 Å². The minimum Gasteiger partial charge on any atom is -0.493 e. The molecule has 8 heteroatoms. The number of nitrogens with one attached hydrogen (secondary N) is 2. The second kappa shape index (κ2) is 10.8. The number of nitrogens with zero attached hydrogens (tertiary/aromatic N) is 1. The molecule has 0 aliphatic heterocycles. The van der Waals surface area contributed by atoms with E-state index in [1.165, 1.54) is 6.20 Å². The lowest BCUT2D eigenvalue weighted by Crippen LogP contribution is -2.52. The van der Waals surface area contributed by atoms with Gasteiger partial charge in [-0.3, -0.25) is 4.79 Å². The maximum absolute atomic E-state index is 12.7. The summed E-state index contributed by atoms with van der Waals surface area (Å²) in [6.45, 7) is 8.99. The normalized spacial score (nSPS) is 13.7. The molecule has 1 aromatic heterocycles. The van der Waals surface area contributed by atoms with E-state index in [9.17, 15) is 19.8 Å². The van der Waals surface area contributed by atoms with Gasteiger partial charge in [-0.1, -0.05) is 19.9 Å². The number of carbonyl (C=O) groups is 2. The van der Waals surface area contributed by atoms with Crippen LogP contribution in [0.5, 0.6) is 5.88 Å². The Morgan fingerprint density at radius 2 is 1.89 bits per heavy atom. The fourth-order valence-corrected chi connectivity index (χ4v) is 2.54. The second-order valence-corrected chi connectivity index (χ2v) is 8.25. The quantitative estimate of drug-likeness (QED) is 0.508. The number of alkyl carbamates (subject to hydrolysis) is 1. The molecule has 2 amide bonds. The van der Waals surface area contributed by atoms with Gasteiger partial charge in [0.05, 0.1) is 12.6 Å². The Morgan fingerprint density at radius 1 is 1.21 bits per heavy atom. The van der Waals surface area contributed by atoms with Gasteiger partial charge < -0.3 is 25.6 Å². The van der Waals surface area contributed by atoms with Gasteiger partial charge in [-0.25, -0.2) is 9.78 Å². The van der Waals surface area contributed by atoms with Crippen molar-refractivity contribution in [1.29, 1.82) is 0 Å². The Hall–Kier alpha value is -2.35. The number of pyridine rings is 1. The lowest BCUT2D eigenvalue weighted by molar-refractivity contribution is -0.124. The van der Waals surface area contributed by atoms with Gasteiger partial charge in [0.2, 0.25) is 11.8 Å². The number of hydrogen-bond acceptors (Lipinski definition) is 6. The van der Waals surface area contributed by atoms with Crippen molar-refractivity contribution < 1.29 is 24.5 Å². The Bertz CT molecular complexity index is 643. The van der Waals surface area contributed by atoms with Gasteiger partial charge in [0.15, 0.2) is 0 Å². The zero-order valence-electron chi connectivity index (χ0n) is 17.4. The first kappa shape index (κ1) is 23.7. The maximum atomic E-state index is 12.7. The highest BCUT2D eigenvalue weighted by molar-refractivity contribution is 5.85. The van der Waals surface area contributed by atoms with E-state index in [0.717, 1.165) is 6.42 Å². The van der Waals surface area contributed by atoms with Crippen molar-refractivity contribution in [2.75, 3.05) is 6.61 Å². The van der Waals surface area contributed by atoms with Gasteiger partial charge >= 0.3 is 6.09 Å². The number of hydrogen-bond donors (Lipinski definition) is 4. The number of rotatable bonds is 9. The third kappa shape index (κ3) is 9.03. The fourth-order valence-electron chi connectivity index (χ4n) is 2.54. The van der Waals surface area contributed by atoms with Crippen molar-refractivity contribution in [1.82, 2.24) is 15.6 Å². The lowest BCUT2D eigenvalue weighted by Gasteiger charge is -2.25. The van der Waals surface area contributed by atoms with Crippen LogP contribution in [0.3, 0.4) is 0 Å². The Morgan fingerprint density at radius 3 is 2.43 bits per heavy atom. The molecule has 0 aromatic carbocycles. The first-order valence-electron chi connectivity index (χ1n) is 9.55. The third-order valence-electron chi connectivity index (χ3n) is 3.94. The van der Waals surface area contributed by atoms with Crippen molar-refractivity contribution in [3.8, 4) is 5.88 Å². The van der Waals surface area contributed by atoms with Crippen molar-refractivity contribution in [3.05, 3.63) is 23.9 Å². The number of aromatic nitrogens is 1. The summed E-state index contributed by atoms with van der Waals surface area (Å²) in [5.41, 5.74) is -0.157. The molecule has 0 saturated carbocycles. The summed E-state index contributed by atoms with van der Waals surface area (Å²) in [6.07, 6.45) is 2.19. The molecule has 28 heavy (non-hydrogen) atoms. The molecule has 0 saturated heterocycles. The summed E-state index contributed by atoms with van der Waals surface area (Å²) in [6, 6.07) is 1.94. The molecule has 0 fully saturated rings. The number of amides is 2. The zero-order valence-corrected chi connectivity index (χ0v) is 17.4. The average Bonchev–Trinajstić information content (AvgIpc) is 2.57. The first-order valence-corrected chi connectivity index (χ1v) is 9.55. The Balaban J connectivity index is 2.79. The van der Waals surface area contributed by atoms with E-state index < -0.39 is 29.7 Å². The Kier molecular flexibility index (Phi) is 9.18. The van der Waals surface area contributed by atoms with Crippen LogP contribution in [0, 0.1) is 5.92 Å². The lowest BCUT2D eigenvalue weighted by atomic mass is 10.0. The van der Waals surface area contributed by atoms with E-state index in [1.807, 2.05) is 13.8 Å². The molecule has 0 radical (unpaired) electrons. The molecule has 2 atom stereocenters. The van der Waals surface area contributed by atoms with Crippen LogP contribution in [0.1, 0.15) is 53.0 Å². The van der Waals surface area contributed by atoms with Crippen LogP contribution in [-0.4, -0.2) is 51.5 Å². The van der Waals surface area contributed by atoms with Crippen molar-refractivity contribution in [2.45, 2.75) is 71.6 Å². The van der Waals surface area contributed by atoms with Crippen LogP contribution in [0.2, 0.25) is 0 Å². The predicted molar refractivity (Wildman–Crippen MR) is 106 cm³/mol. The van der Waals surface area contributed by atoms with E-state index in [4.69, 9.17) is 4.74 Å². The number of carbonyl (C=O) groups excluding carboxylic acids is 2. The van der Waals surface area contributed by atoms with Gasteiger partial charge in [-0.15, -0.1) is 0 Å². The first-order chi connectivity index (χ1) is 13.0. The number of aliphatic hydroxyl groups excluding tert-OH is 1. The number of aromatic hydroxyl groups is 1.